The van der Waals surface area contributed by atoms with Gasteiger partial charge in [0.1, 0.15) is 0 Å². The Balaban J connectivity index is 1.25. The lowest BCUT2D eigenvalue weighted by Gasteiger charge is -2.26. The molecule has 3 aromatic heterocycles. The van der Waals surface area contributed by atoms with Crippen LogP contribution >= 0.6 is 0 Å². The molecule has 2 fully saturated rings. The van der Waals surface area contributed by atoms with E-state index in [-0.39, 0.29) is 23.1 Å². The largest absolute Gasteiger partial charge is 0.455 e. The number of rotatable bonds is 5. The molecule has 7 rings (SSSR count). The van der Waals surface area contributed by atoms with Crippen LogP contribution in [0.5, 0.6) is 0 Å². The molecule has 2 N–H and O–H groups in total. The molecule has 1 amide bonds. The summed E-state index contributed by atoms with van der Waals surface area (Å²) in [6.45, 7) is -1.77. The zero-order valence-electron chi connectivity index (χ0n) is 20.4. The van der Waals surface area contributed by atoms with Crippen LogP contribution in [0.1, 0.15) is 47.8 Å². The Bertz CT molecular complexity index is 1840. The molecule has 3 aliphatic rings. The molecule has 4 aromatic rings. The van der Waals surface area contributed by atoms with E-state index in [4.69, 9.17) is 0 Å². The maximum Gasteiger partial charge on any atom is 0.455 e. The molecule has 4 heterocycles. The number of nitrogens with zero attached hydrogens (tertiary/aromatic N) is 4. The topological polar surface area (TPSA) is 116 Å². The van der Waals surface area contributed by atoms with Crippen LogP contribution < -0.4 is 16.1 Å². The summed E-state index contributed by atoms with van der Waals surface area (Å²) in [6.07, 6.45) is 0.0442. The molecule has 9 nitrogen and oxygen atoms in total. The fourth-order valence-electron chi connectivity index (χ4n) is 5.80. The van der Waals surface area contributed by atoms with Gasteiger partial charge in [-0.25, -0.2) is 14.3 Å². The van der Waals surface area contributed by atoms with Crippen molar-refractivity contribution < 1.29 is 26.7 Å². The predicted octanol–water partition coefficient (Wildman–Crippen LogP) is 3.62. The molecule has 1 aliphatic heterocycles. The lowest BCUT2D eigenvalue weighted by Crippen LogP contribution is -2.49. The lowest BCUT2D eigenvalue weighted by molar-refractivity contribution is -0.276. The number of nitrogens with one attached hydrogen (secondary N) is 2. The Kier molecular flexibility index (Phi) is 4.84. The first-order chi connectivity index (χ1) is 18.9. The van der Waals surface area contributed by atoms with Gasteiger partial charge in [0.05, 0.1) is 23.2 Å². The third-order valence-corrected chi connectivity index (χ3v) is 8.11. The minimum absolute atomic E-state index is 0.0933. The first-order valence-electron chi connectivity index (χ1n) is 12.5. The monoisotopic (exact) mass is 558 g/mol. The van der Waals surface area contributed by atoms with E-state index >= 15 is 0 Å². The van der Waals surface area contributed by atoms with Crippen molar-refractivity contribution in [2.75, 3.05) is 11.4 Å². The van der Waals surface area contributed by atoms with E-state index in [1.165, 1.54) is 10.7 Å². The van der Waals surface area contributed by atoms with Crippen molar-refractivity contribution in [3.05, 3.63) is 80.4 Å². The maximum absolute atomic E-state index is 14.0. The Morgan fingerprint density at radius 3 is 2.52 bits per heavy atom. The Morgan fingerprint density at radius 1 is 1.05 bits per heavy atom. The van der Waals surface area contributed by atoms with Gasteiger partial charge >= 0.3 is 17.8 Å². The Labute approximate surface area is 220 Å². The highest BCUT2D eigenvalue weighted by atomic mass is 19.4. The number of benzene rings is 1. The van der Waals surface area contributed by atoms with Gasteiger partial charge in [-0.15, -0.1) is 0 Å². The average molecular weight is 558 g/mol. The van der Waals surface area contributed by atoms with Crippen molar-refractivity contribution in [1.82, 2.24) is 24.6 Å². The first-order valence-corrected chi connectivity index (χ1v) is 12.5. The summed E-state index contributed by atoms with van der Waals surface area (Å²) < 4.78 is 68.6. The van der Waals surface area contributed by atoms with Crippen LogP contribution in [0.15, 0.2) is 52.4 Å². The number of alkyl halides is 5. The van der Waals surface area contributed by atoms with Crippen LogP contribution in [-0.4, -0.2) is 49.1 Å². The smallest absolute Gasteiger partial charge is 0.313 e. The summed E-state index contributed by atoms with van der Waals surface area (Å²) in [6, 6.07) is 6.70. The summed E-state index contributed by atoms with van der Waals surface area (Å²) in [7, 11) is 0. The summed E-state index contributed by atoms with van der Waals surface area (Å²) in [5.74, 6) is -6.04. The van der Waals surface area contributed by atoms with Gasteiger partial charge in [-0.3, -0.25) is 14.6 Å². The molecule has 2 aliphatic carbocycles. The number of hydrogen-bond donors (Lipinski definition) is 2. The number of anilines is 1. The van der Waals surface area contributed by atoms with Gasteiger partial charge in [0.2, 0.25) is 5.91 Å². The molecule has 2 atom stereocenters. The maximum atomic E-state index is 14.0. The van der Waals surface area contributed by atoms with Crippen LogP contribution in [0.2, 0.25) is 0 Å². The molecule has 2 saturated carbocycles. The number of hydrogen-bond acceptors (Lipinski definition) is 5. The summed E-state index contributed by atoms with van der Waals surface area (Å²) in [5.41, 5.74) is 0.681. The van der Waals surface area contributed by atoms with Crippen LogP contribution in [-0.2, 0) is 10.2 Å². The second-order valence-corrected chi connectivity index (χ2v) is 10.6. The van der Waals surface area contributed by atoms with Crippen molar-refractivity contribution in [3.63, 3.8) is 0 Å². The zero-order valence-corrected chi connectivity index (χ0v) is 20.4. The first kappa shape index (κ1) is 24.7. The van der Waals surface area contributed by atoms with E-state index in [1.54, 1.807) is 36.7 Å². The third kappa shape index (κ3) is 3.54. The number of H-pyrrole nitrogens is 2. The fourth-order valence-corrected chi connectivity index (χ4v) is 5.80. The number of aromatic amines is 2. The van der Waals surface area contributed by atoms with E-state index in [2.05, 4.69) is 20.1 Å². The molecule has 0 bridgehead atoms. The number of aromatic nitrogens is 5. The highest BCUT2D eigenvalue weighted by Crippen LogP contribution is 2.61. The van der Waals surface area contributed by atoms with Gasteiger partial charge in [0.25, 0.3) is 5.56 Å². The molecule has 14 heteroatoms. The van der Waals surface area contributed by atoms with Gasteiger partial charge in [-0.05, 0) is 54.4 Å². The van der Waals surface area contributed by atoms with Gasteiger partial charge in [0.15, 0.2) is 5.65 Å². The Morgan fingerprint density at radius 2 is 1.82 bits per heavy atom. The number of amides is 1. The van der Waals surface area contributed by atoms with Crippen LogP contribution in [0.4, 0.5) is 27.6 Å². The number of fused-ring (bicyclic) bond motifs is 3. The van der Waals surface area contributed by atoms with Gasteiger partial charge < -0.3 is 9.88 Å². The zero-order chi connectivity index (χ0) is 28.2. The lowest BCUT2D eigenvalue weighted by atomic mass is 9.95. The van der Waals surface area contributed by atoms with E-state index in [9.17, 15) is 36.3 Å². The van der Waals surface area contributed by atoms with Gasteiger partial charge in [-0.1, -0.05) is 12.1 Å². The molecule has 1 aromatic carbocycles. The highest BCUT2D eigenvalue weighted by molar-refractivity contribution is 6.10. The van der Waals surface area contributed by atoms with E-state index in [0.29, 0.717) is 46.6 Å². The number of carbonyl (C=O) groups is 1. The fraction of sp³-hybridized carbons (Fsp3) is 0.346. The van der Waals surface area contributed by atoms with Crippen molar-refractivity contribution in [2.24, 2.45) is 0 Å². The highest BCUT2D eigenvalue weighted by Gasteiger charge is 2.64. The predicted molar refractivity (Wildman–Crippen MR) is 130 cm³/mol. The second kappa shape index (κ2) is 7.86. The van der Waals surface area contributed by atoms with E-state index in [1.807, 2.05) is 0 Å². The second-order valence-electron chi connectivity index (χ2n) is 10.6. The van der Waals surface area contributed by atoms with Crippen molar-refractivity contribution in [1.29, 1.82) is 0 Å². The van der Waals surface area contributed by atoms with Crippen LogP contribution in [0.3, 0.4) is 0 Å². The molecule has 40 heavy (non-hydrogen) atoms. The van der Waals surface area contributed by atoms with Crippen LogP contribution in [0, 0.1) is 0 Å². The minimum atomic E-state index is -5.78. The number of imidazole rings is 1. The quantitative estimate of drug-likeness (QED) is 0.363. The van der Waals surface area contributed by atoms with E-state index in [0.717, 1.165) is 5.56 Å². The standard InChI is InChI=1S/C26H19F5N6O3/c27-25(28,26(29,30)31)11-36-19-7-12(1-2-17(19)24(3-4-24)22(36)39)13-8-14(13)15-9-18(35-37-6-5-32-20(15)37)16-10-33-23(40)34-21(16)38/h1-2,5-7,9-10,13-14H,3-4,8,11H2,(H2,33,34,38,40)/t13-,14+/m1/s1. The summed E-state index contributed by atoms with van der Waals surface area (Å²) >= 11 is 0. The van der Waals surface area contributed by atoms with Crippen LogP contribution in [0.25, 0.3) is 16.9 Å². The van der Waals surface area contributed by atoms with Crippen molar-refractivity contribution >= 4 is 17.2 Å². The number of halogens is 5. The molecule has 1 spiro atoms. The van der Waals surface area contributed by atoms with E-state index < -0.39 is 41.2 Å². The SMILES string of the molecule is O=C1N(CC(F)(F)C(F)(F)F)c2cc([C@H]3C[C@@H]3c3cc(-c4c[nH]c(=O)[nH]c4=O)nn4ccnc34)ccc2C12CC2. The Hall–Kier alpha value is -4.36. The van der Waals surface area contributed by atoms with Crippen molar-refractivity contribution in [2.45, 2.75) is 48.6 Å². The molecule has 0 unspecified atom stereocenters. The summed E-state index contributed by atoms with van der Waals surface area (Å²) in [4.78, 5) is 46.4. The minimum Gasteiger partial charge on any atom is -0.313 e. The molecular formula is C26H19F5N6O3. The van der Waals surface area contributed by atoms with Gasteiger partial charge in [0, 0.05) is 29.8 Å². The van der Waals surface area contributed by atoms with Crippen molar-refractivity contribution in [3.8, 4) is 11.3 Å². The third-order valence-electron chi connectivity index (χ3n) is 8.11. The summed E-state index contributed by atoms with van der Waals surface area (Å²) in [5, 5.41) is 4.41. The normalized spacial score (nSPS) is 21.3. The van der Waals surface area contributed by atoms with Gasteiger partial charge in [-0.2, -0.15) is 27.1 Å². The molecular weight excluding hydrogens is 539 g/mol. The molecule has 206 valence electrons. The molecule has 0 saturated heterocycles. The number of carbonyl (C=O) groups excluding carboxylic acids is 1. The molecule has 0 radical (unpaired) electrons. The average Bonchev–Trinajstić information content (AvgIpc) is 3.80.